The first-order valence-corrected chi connectivity index (χ1v) is 7.32. The zero-order valence-corrected chi connectivity index (χ0v) is 11.1. The van der Waals surface area contributed by atoms with E-state index in [-0.39, 0.29) is 6.03 Å². The molecular formula is C14H26N2O. The normalized spacial score (nSPS) is 29.4. The highest BCUT2D eigenvalue weighted by atomic mass is 16.2. The second kappa shape index (κ2) is 6.27. The monoisotopic (exact) mass is 238 g/mol. The highest BCUT2D eigenvalue weighted by Gasteiger charge is 2.22. The van der Waals surface area contributed by atoms with Gasteiger partial charge in [-0.15, -0.1) is 0 Å². The summed E-state index contributed by atoms with van der Waals surface area (Å²) < 4.78 is 0. The second-order valence-corrected chi connectivity index (χ2v) is 5.68. The van der Waals surface area contributed by atoms with Crippen molar-refractivity contribution in [2.45, 2.75) is 51.9 Å². The van der Waals surface area contributed by atoms with Crippen LogP contribution in [0.15, 0.2) is 0 Å². The smallest absolute Gasteiger partial charge is 0.317 e. The number of amides is 2. The topological polar surface area (TPSA) is 32.3 Å². The Balaban J connectivity index is 1.63. The lowest BCUT2D eigenvalue weighted by molar-refractivity contribution is 0.201. The van der Waals surface area contributed by atoms with Crippen LogP contribution in [-0.2, 0) is 0 Å². The summed E-state index contributed by atoms with van der Waals surface area (Å²) in [5.74, 6) is 1.67. The summed E-state index contributed by atoms with van der Waals surface area (Å²) in [5.41, 5.74) is 0. The van der Waals surface area contributed by atoms with Gasteiger partial charge in [0.05, 0.1) is 0 Å². The Morgan fingerprint density at radius 2 is 1.71 bits per heavy atom. The van der Waals surface area contributed by atoms with Crippen molar-refractivity contribution in [1.29, 1.82) is 0 Å². The first-order valence-electron chi connectivity index (χ1n) is 7.32. The van der Waals surface area contributed by atoms with Crippen molar-refractivity contribution in [3.8, 4) is 0 Å². The van der Waals surface area contributed by atoms with E-state index in [2.05, 4.69) is 12.2 Å². The number of hydrogen-bond donors (Lipinski definition) is 1. The average Bonchev–Trinajstić information content (AvgIpc) is 2.90. The Morgan fingerprint density at radius 1 is 1.12 bits per heavy atom. The summed E-state index contributed by atoms with van der Waals surface area (Å²) in [5, 5.41) is 3.11. The van der Waals surface area contributed by atoms with Crippen LogP contribution in [-0.4, -0.2) is 30.6 Å². The summed E-state index contributed by atoms with van der Waals surface area (Å²) in [6.07, 6.45) is 9.01. The van der Waals surface area contributed by atoms with Crippen molar-refractivity contribution < 1.29 is 4.79 Å². The number of likely N-dealkylation sites (tertiary alicyclic amines) is 1. The predicted octanol–water partition coefficient (Wildman–Crippen LogP) is 3.01. The van der Waals surface area contributed by atoms with Gasteiger partial charge in [-0.2, -0.15) is 0 Å². The molecule has 0 radical (unpaired) electrons. The third kappa shape index (κ3) is 3.62. The fraction of sp³-hybridized carbons (Fsp3) is 0.929. The Kier molecular flexibility index (Phi) is 4.69. The van der Waals surface area contributed by atoms with E-state index in [1.165, 1.54) is 44.9 Å². The maximum atomic E-state index is 11.8. The Hall–Kier alpha value is -0.730. The fourth-order valence-corrected chi connectivity index (χ4v) is 3.11. The number of hydrogen-bond acceptors (Lipinski definition) is 1. The number of carbonyl (C=O) groups is 1. The molecule has 2 aliphatic rings. The SMILES string of the molecule is CCC1CCC(CNC(=O)N2CCCC2)CC1. The van der Waals surface area contributed by atoms with Gasteiger partial charge in [-0.05, 0) is 37.5 Å². The summed E-state index contributed by atoms with van der Waals surface area (Å²) in [6.45, 7) is 5.09. The van der Waals surface area contributed by atoms with Crippen LogP contribution in [0.1, 0.15) is 51.9 Å². The van der Waals surface area contributed by atoms with Crippen LogP contribution < -0.4 is 5.32 Å². The molecule has 0 aromatic rings. The van der Waals surface area contributed by atoms with Crippen LogP contribution in [0, 0.1) is 11.8 Å². The Labute approximate surface area is 105 Å². The molecule has 0 unspecified atom stereocenters. The molecule has 3 heteroatoms. The van der Waals surface area contributed by atoms with E-state index in [1.54, 1.807) is 0 Å². The summed E-state index contributed by atoms with van der Waals surface area (Å²) in [4.78, 5) is 13.8. The summed E-state index contributed by atoms with van der Waals surface area (Å²) in [6, 6.07) is 0.167. The van der Waals surface area contributed by atoms with Gasteiger partial charge >= 0.3 is 6.03 Å². The predicted molar refractivity (Wildman–Crippen MR) is 69.9 cm³/mol. The minimum absolute atomic E-state index is 0.167. The van der Waals surface area contributed by atoms with Crippen LogP contribution in [0.5, 0.6) is 0 Å². The van der Waals surface area contributed by atoms with E-state index in [4.69, 9.17) is 0 Å². The third-order valence-corrected chi connectivity index (χ3v) is 4.48. The van der Waals surface area contributed by atoms with Crippen LogP contribution in [0.2, 0.25) is 0 Å². The van der Waals surface area contributed by atoms with Crippen LogP contribution in [0.4, 0.5) is 4.79 Å². The van der Waals surface area contributed by atoms with E-state index in [9.17, 15) is 4.79 Å². The molecule has 98 valence electrons. The molecule has 3 nitrogen and oxygen atoms in total. The largest absolute Gasteiger partial charge is 0.338 e. The van der Waals surface area contributed by atoms with Crippen molar-refractivity contribution in [1.82, 2.24) is 10.2 Å². The highest BCUT2D eigenvalue weighted by molar-refractivity contribution is 5.74. The van der Waals surface area contributed by atoms with E-state index in [1.807, 2.05) is 4.90 Å². The minimum atomic E-state index is 0.167. The fourth-order valence-electron chi connectivity index (χ4n) is 3.11. The molecule has 2 rings (SSSR count). The van der Waals surface area contributed by atoms with E-state index in [0.29, 0.717) is 0 Å². The van der Waals surface area contributed by atoms with Crippen molar-refractivity contribution >= 4 is 6.03 Å². The molecule has 1 heterocycles. The number of nitrogens with one attached hydrogen (secondary N) is 1. The van der Waals surface area contributed by atoms with Gasteiger partial charge < -0.3 is 10.2 Å². The molecule has 1 saturated heterocycles. The van der Waals surface area contributed by atoms with Gasteiger partial charge in [0, 0.05) is 19.6 Å². The molecule has 1 aliphatic carbocycles. The maximum Gasteiger partial charge on any atom is 0.317 e. The molecule has 0 spiro atoms. The van der Waals surface area contributed by atoms with Crippen LogP contribution in [0.25, 0.3) is 0 Å². The lowest BCUT2D eigenvalue weighted by Gasteiger charge is -2.28. The van der Waals surface area contributed by atoms with Gasteiger partial charge in [0.2, 0.25) is 0 Å². The van der Waals surface area contributed by atoms with Crippen molar-refractivity contribution in [3.05, 3.63) is 0 Å². The summed E-state index contributed by atoms with van der Waals surface area (Å²) >= 11 is 0. The number of nitrogens with zero attached hydrogens (tertiary/aromatic N) is 1. The lowest BCUT2D eigenvalue weighted by atomic mass is 9.81. The maximum absolute atomic E-state index is 11.8. The third-order valence-electron chi connectivity index (χ3n) is 4.48. The van der Waals surface area contributed by atoms with E-state index < -0.39 is 0 Å². The molecule has 0 aromatic carbocycles. The lowest BCUT2D eigenvalue weighted by Crippen LogP contribution is -2.40. The van der Waals surface area contributed by atoms with Gasteiger partial charge in [0.25, 0.3) is 0 Å². The molecule has 0 aromatic heterocycles. The molecule has 0 atom stereocenters. The minimum Gasteiger partial charge on any atom is -0.338 e. The van der Waals surface area contributed by atoms with Gasteiger partial charge in [-0.1, -0.05) is 26.2 Å². The van der Waals surface area contributed by atoms with Gasteiger partial charge in [0.15, 0.2) is 0 Å². The molecule has 1 aliphatic heterocycles. The number of carbonyl (C=O) groups excluding carboxylic acids is 1. The van der Waals surface area contributed by atoms with Gasteiger partial charge in [0.1, 0.15) is 0 Å². The second-order valence-electron chi connectivity index (χ2n) is 5.68. The zero-order valence-electron chi connectivity index (χ0n) is 11.1. The standard InChI is InChI=1S/C14H26N2O/c1-2-12-5-7-13(8-6-12)11-15-14(17)16-9-3-4-10-16/h12-13H,2-11H2,1H3,(H,15,17). The molecule has 1 N–H and O–H groups in total. The van der Waals surface area contributed by atoms with Crippen LogP contribution in [0.3, 0.4) is 0 Å². The molecular weight excluding hydrogens is 212 g/mol. The molecule has 17 heavy (non-hydrogen) atoms. The van der Waals surface area contributed by atoms with Gasteiger partial charge in [-0.3, -0.25) is 0 Å². The molecule has 2 fully saturated rings. The van der Waals surface area contributed by atoms with Gasteiger partial charge in [-0.25, -0.2) is 4.79 Å². The molecule has 0 bridgehead atoms. The van der Waals surface area contributed by atoms with Crippen molar-refractivity contribution in [3.63, 3.8) is 0 Å². The van der Waals surface area contributed by atoms with Crippen molar-refractivity contribution in [2.75, 3.05) is 19.6 Å². The Bertz CT molecular complexity index is 241. The first kappa shape index (κ1) is 12.7. The number of rotatable bonds is 3. The van der Waals surface area contributed by atoms with Crippen molar-refractivity contribution in [2.24, 2.45) is 11.8 Å². The Morgan fingerprint density at radius 3 is 2.29 bits per heavy atom. The quantitative estimate of drug-likeness (QED) is 0.805. The molecule has 2 amide bonds. The first-order chi connectivity index (χ1) is 8.29. The van der Waals surface area contributed by atoms with E-state index >= 15 is 0 Å². The highest BCUT2D eigenvalue weighted by Crippen LogP contribution is 2.30. The number of urea groups is 1. The summed E-state index contributed by atoms with van der Waals surface area (Å²) in [7, 11) is 0. The van der Waals surface area contributed by atoms with E-state index in [0.717, 1.165) is 31.5 Å². The van der Waals surface area contributed by atoms with Crippen LogP contribution >= 0.6 is 0 Å². The average molecular weight is 238 g/mol. The molecule has 1 saturated carbocycles. The zero-order chi connectivity index (χ0) is 12.1.